The molecule has 98 valence electrons. The third-order valence-electron chi connectivity index (χ3n) is 3.05. The van der Waals surface area contributed by atoms with Crippen LogP contribution in [0.4, 0.5) is 0 Å². The van der Waals surface area contributed by atoms with Crippen LogP contribution in [0.3, 0.4) is 0 Å². The van der Waals surface area contributed by atoms with Crippen LogP contribution in [0.5, 0.6) is 0 Å². The lowest BCUT2D eigenvalue weighted by atomic mass is 9.80. The second-order valence-corrected chi connectivity index (χ2v) is 4.27. The van der Waals surface area contributed by atoms with E-state index in [-0.39, 0.29) is 0 Å². The predicted octanol–water partition coefficient (Wildman–Crippen LogP) is 1.16. The van der Waals surface area contributed by atoms with Crippen molar-refractivity contribution < 1.29 is 24.9 Å². The third-order valence-corrected chi connectivity index (χ3v) is 3.05. The van der Waals surface area contributed by atoms with E-state index in [1.807, 2.05) is 6.07 Å². The highest BCUT2D eigenvalue weighted by Gasteiger charge is 2.46. The average molecular weight is 260 g/mol. The number of aliphatic carboxylic acids is 2. The van der Waals surface area contributed by atoms with Crippen LogP contribution < -0.4 is 0 Å². The maximum atomic E-state index is 11.1. The molecule has 0 radical (unpaired) electrons. The van der Waals surface area contributed by atoms with Gasteiger partial charge in [0.15, 0.2) is 5.60 Å². The Balaban J connectivity index is 2.45. The smallest absolute Gasteiger partial charge is 0.341 e. The zero-order valence-electron chi connectivity index (χ0n) is 9.85. The topological polar surface area (TPSA) is 94.8 Å². The summed E-state index contributed by atoms with van der Waals surface area (Å²) in [6, 6.07) is 8.95. The summed E-state index contributed by atoms with van der Waals surface area (Å²) in [7, 11) is 0. The number of allylic oxidation sites excluding steroid dienone is 2. The average Bonchev–Trinajstić information content (AvgIpc) is 2.39. The van der Waals surface area contributed by atoms with Crippen molar-refractivity contribution in [2.75, 3.05) is 0 Å². The molecule has 1 aromatic carbocycles. The molecule has 3 N–H and O–H groups in total. The highest BCUT2D eigenvalue weighted by molar-refractivity contribution is 5.93. The van der Waals surface area contributed by atoms with Gasteiger partial charge in [0.1, 0.15) is 5.92 Å². The minimum atomic E-state index is -2.41. The maximum absolute atomic E-state index is 11.1. The molecular weight excluding hydrogens is 248 g/mol. The molecule has 1 aromatic rings. The summed E-state index contributed by atoms with van der Waals surface area (Å²) in [6.45, 7) is 0. The Morgan fingerprint density at radius 2 is 1.74 bits per heavy atom. The molecule has 0 heterocycles. The molecule has 1 aliphatic carbocycles. The van der Waals surface area contributed by atoms with Gasteiger partial charge in [-0.3, -0.25) is 4.79 Å². The molecule has 1 aliphatic rings. The largest absolute Gasteiger partial charge is 0.481 e. The Labute approximate surface area is 109 Å². The molecule has 0 saturated carbocycles. The van der Waals surface area contributed by atoms with Crippen molar-refractivity contribution in [1.82, 2.24) is 0 Å². The predicted molar refractivity (Wildman–Crippen MR) is 67.3 cm³/mol. The van der Waals surface area contributed by atoms with E-state index in [0.29, 0.717) is 5.57 Å². The van der Waals surface area contributed by atoms with Gasteiger partial charge in [0.25, 0.3) is 0 Å². The van der Waals surface area contributed by atoms with Gasteiger partial charge in [0, 0.05) is 0 Å². The molecule has 2 rings (SSSR count). The van der Waals surface area contributed by atoms with Gasteiger partial charge in [-0.15, -0.1) is 0 Å². The van der Waals surface area contributed by atoms with Crippen molar-refractivity contribution in [2.45, 2.75) is 5.60 Å². The van der Waals surface area contributed by atoms with Gasteiger partial charge in [0.05, 0.1) is 0 Å². The third kappa shape index (κ3) is 2.28. The second-order valence-electron chi connectivity index (χ2n) is 4.27. The van der Waals surface area contributed by atoms with Crippen molar-refractivity contribution in [3.05, 3.63) is 54.1 Å². The van der Waals surface area contributed by atoms with Gasteiger partial charge in [-0.05, 0) is 17.2 Å². The first-order valence-corrected chi connectivity index (χ1v) is 5.60. The molecule has 0 spiro atoms. The monoisotopic (exact) mass is 260 g/mol. The number of aliphatic hydroxyl groups is 1. The highest BCUT2D eigenvalue weighted by atomic mass is 16.4. The van der Waals surface area contributed by atoms with Crippen LogP contribution in [-0.4, -0.2) is 32.9 Å². The number of carboxylic acid groups (broad SMARTS) is 2. The lowest BCUT2D eigenvalue weighted by Crippen LogP contribution is -2.47. The van der Waals surface area contributed by atoms with E-state index in [0.717, 1.165) is 11.6 Å². The van der Waals surface area contributed by atoms with Crippen LogP contribution >= 0.6 is 0 Å². The molecule has 0 bridgehead atoms. The standard InChI is InChI=1S/C14H12O5/c15-12(16)11-8-10(9-4-2-1-3-5-9)6-7-14(11,19)13(17)18/h1-8,11,19H,(H,15,16)(H,17,18). The Kier molecular flexibility index (Phi) is 3.23. The van der Waals surface area contributed by atoms with Crippen LogP contribution in [0.2, 0.25) is 0 Å². The van der Waals surface area contributed by atoms with E-state index in [2.05, 4.69) is 0 Å². The Bertz CT molecular complexity index is 573. The Morgan fingerprint density at radius 1 is 1.11 bits per heavy atom. The van der Waals surface area contributed by atoms with Gasteiger partial charge in [-0.2, -0.15) is 0 Å². The van der Waals surface area contributed by atoms with Crippen LogP contribution in [0.1, 0.15) is 5.56 Å². The van der Waals surface area contributed by atoms with E-state index in [1.54, 1.807) is 24.3 Å². The van der Waals surface area contributed by atoms with E-state index in [9.17, 15) is 14.7 Å². The van der Waals surface area contributed by atoms with Crippen molar-refractivity contribution in [2.24, 2.45) is 5.92 Å². The summed E-state index contributed by atoms with van der Waals surface area (Å²) in [5.74, 6) is -4.49. The molecular formula is C14H12O5. The van der Waals surface area contributed by atoms with Gasteiger partial charge in [-0.25, -0.2) is 4.79 Å². The number of carbonyl (C=O) groups is 2. The minimum Gasteiger partial charge on any atom is -0.481 e. The van der Waals surface area contributed by atoms with E-state index < -0.39 is 23.5 Å². The van der Waals surface area contributed by atoms with Gasteiger partial charge in [-0.1, -0.05) is 42.5 Å². The van der Waals surface area contributed by atoms with Gasteiger partial charge in [0.2, 0.25) is 0 Å². The molecule has 0 fully saturated rings. The number of rotatable bonds is 3. The quantitative estimate of drug-likeness (QED) is 0.758. The van der Waals surface area contributed by atoms with Crippen LogP contribution in [0.15, 0.2) is 48.6 Å². The summed E-state index contributed by atoms with van der Waals surface area (Å²) in [5.41, 5.74) is -1.08. The first-order valence-electron chi connectivity index (χ1n) is 5.60. The van der Waals surface area contributed by atoms with Crippen molar-refractivity contribution >= 4 is 17.5 Å². The highest BCUT2D eigenvalue weighted by Crippen LogP contribution is 2.32. The maximum Gasteiger partial charge on any atom is 0.341 e. The first kappa shape index (κ1) is 13.0. The lowest BCUT2D eigenvalue weighted by Gasteiger charge is -2.28. The van der Waals surface area contributed by atoms with Crippen molar-refractivity contribution in [1.29, 1.82) is 0 Å². The van der Waals surface area contributed by atoms with E-state index in [4.69, 9.17) is 10.2 Å². The fourth-order valence-corrected chi connectivity index (χ4v) is 1.97. The van der Waals surface area contributed by atoms with Gasteiger partial charge >= 0.3 is 11.9 Å². The molecule has 2 atom stereocenters. The SMILES string of the molecule is O=C(O)C1C=C(c2ccccc2)C=CC1(O)C(=O)O. The normalized spacial score (nSPS) is 25.7. The van der Waals surface area contributed by atoms with Crippen LogP contribution in [0, 0.1) is 5.92 Å². The number of benzene rings is 1. The number of hydrogen-bond acceptors (Lipinski definition) is 3. The second kappa shape index (κ2) is 4.70. The van der Waals surface area contributed by atoms with E-state index >= 15 is 0 Å². The van der Waals surface area contributed by atoms with Crippen molar-refractivity contribution in [3.63, 3.8) is 0 Å². The first-order chi connectivity index (χ1) is 8.95. The minimum absolute atomic E-state index is 0.568. The Morgan fingerprint density at radius 3 is 2.26 bits per heavy atom. The molecule has 5 nitrogen and oxygen atoms in total. The van der Waals surface area contributed by atoms with Crippen LogP contribution in [0.25, 0.3) is 5.57 Å². The fraction of sp³-hybridized carbons (Fsp3) is 0.143. The Hall–Kier alpha value is -2.40. The molecule has 19 heavy (non-hydrogen) atoms. The molecule has 0 aliphatic heterocycles. The van der Waals surface area contributed by atoms with Crippen molar-refractivity contribution in [3.8, 4) is 0 Å². The molecule has 0 aromatic heterocycles. The summed E-state index contributed by atoms with van der Waals surface area (Å²) in [5, 5.41) is 28.0. The lowest BCUT2D eigenvalue weighted by molar-refractivity contribution is -0.165. The number of carboxylic acids is 2. The number of hydrogen-bond donors (Lipinski definition) is 3. The molecule has 0 saturated heterocycles. The van der Waals surface area contributed by atoms with Gasteiger partial charge < -0.3 is 15.3 Å². The zero-order chi connectivity index (χ0) is 14.0. The summed E-state index contributed by atoms with van der Waals surface area (Å²) in [4.78, 5) is 22.2. The zero-order valence-corrected chi connectivity index (χ0v) is 9.85. The molecule has 5 heteroatoms. The van der Waals surface area contributed by atoms with Crippen LogP contribution in [-0.2, 0) is 9.59 Å². The molecule has 2 unspecified atom stereocenters. The summed E-state index contributed by atoms with van der Waals surface area (Å²) in [6.07, 6.45) is 3.69. The molecule has 0 amide bonds. The summed E-state index contributed by atoms with van der Waals surface area (Å²) < 4.78 is 0. The summed E-state index contributed by atoms with van der Waals surface area (Å²) >= 11 is 0. The fourth-order valence-electron chi connectivity index (χ4n) is 1.97. The van der Waals surface area contributed by atoms with E-state index in [1.165, 1.54) is 12.2 Å².